The van der Waals surface area contributed by atoms with Crippen molar-refractivity contribution in [3.05, 3.63) is 29.1 Å². The maximum atomic E-state index is 12.0. The molecule has 0 saturated carbocycles. The van der Waals surface area contributed by atoms with Crippen LogP contribution in [0.4, 0.5) is 5.69 Å². The van der Waals surface area contributed by atoms with Gasteiger partial charge in [0.1, 0.15) is 4.88 Å². The second-order valence-corrected chi connectivity index (χ2v) is 7.20. The minimum atomic E-state index is -0.647. The predicted molar refractivity (Wildman–Crippen MR) is 102 cm³/mol. The topological polar surface area (TPSA) is 111 Å². The lowest BCUT2D eigenvalue weighted by Crippen LogP contribution is -2.46. The molecule has 1 aromatic heterocycles. The fourth-order valence-electron chi connectivity index (χ4n) is 2.22. The lowest BCUT2D eigenvalue weighted by molar-refractivity contribution is -0.125. The third-order valence-corrected chi connectivity index (χ3v) is 4.82. The zero-order valence-corrected chi connectivity index (χ0v) is 15.8. The van der Waals surface area contributed by atoms with Crippen LogP contribution in [0.2, 0.25) is 0 Å². The summed E-state index contributed by atoms with van der Waals surface area (Å²) in [4.78, 5) is 36.1. The van der Waals surface area contributed by atoms with Gasteiger partial charge in [-0.1, -0.05) is 13.8 Å². The standard InChI is InChI=1S/C18H23N3O4S/c1-4-25-18(24)14-8-11-7-12(5-6-13(11)26-14)21-15(22)9-20-17(23)16(19)10(2)3/h5-8,10,16H,4,9,19H2,1-3H3,(H,20,23)(H,21,22)/t16-/m0/s1. The summed E-state index contributed by atoms with van der Waals surface area (Å²) in [6, 6.07) is 6.43. The number of benzene rings is 1. The highest BCUT2D eigenvalue weighted by Crippen LogP contribution is 2.28. The van der Waals surface area contributed by atoms with E-state index in [1.807, 2.05) is 19.9 Å². The van der Waals surface area contributed by atoms with Crippen LogP contribution in [0.1, 0.15) is 30.4 Å². The Bertz CT molecular complexity index is 816. The van der Waals surface area contributed by atoms with Crippen LogP contribution in [0.5, 0.6) is 0 Å². The number of carbonyl (C=O) groups is 3. The van der Waals surface area contributed by atoms with Crippen LogP contribution in [0.15, 0.2) is 24.3 Å². The second-order valence-electron chi connectivity index (χ2n) is 6.12. The number of hydrogen-bond donors (Lipinski definition) is 3. The molecule has 0 aliphatic carbocycles. The average Bonchev–Trinajstić information content (AvgIpc) is 3.02. The Morgan fingerprint density at radius 1 is 1.23 bits per heavy atom. The molecule has 1 heterocycles. The zero-order chi connectivity index (χ0) is 19.3. The Labute approximate surface area is 155 Å². The molecule has 8 heteroatoms. The third kappa shape index (κ3) is 5.03. The number of rotatable bonds is 7. The Morgan fingerprint density at radius 2 is 1.96 bits per heavy atom. The summed E-state index contributed by atoms with van der Waals surface area (Å²) in [7, 11) is 0. The van der Waals surface area contributed by atoms with Crippen molar-refractivity contribution in [1.29, 1.82) is 0 Å². The van der Waals surface area contributed by atoms with E-state index in [0.29, 0.717) is 17.2 Å². The van der Waals surface area contributed by atoms with E-state index in [-0.39, 0.29) is 30.2 Å². The summed E-state index contributed by atoms with van der Waals surface area (Å²) >= 11 is 1.33. The molecular weight excluding hydrogens is 354 g/mol. The van der Waals surface area contributed by atoms with E-state index in [1.165, 1.54) is 11.3 Å². The Morgan fingerprint density at radius 3 is 2.62 bits per heavy atom. The molecule has 7 nitrogen and oxygen atoms in total. The number of anilines is 1. The lowest BCUT2D eigenvalue weighted by Gasteiger charge is -2.15. The third-order valence-electron chi connectivity index (χ3n) is 3.72. The van der Waals surface area contributed by atoms with Crippen molar-refractivity contribution in [2.24, 2.45) is 11.7 Å². The fourth-order valence-corrected chi connectivity index (χ4v) is 3.15. The largest absolute Gasteiger partial charge is 0.462 e. The van der Waals surface area contributed by atoms with Crippen molar-refractivity contribution in [2.75, 3.05) is 18.5 Å². The van der Waals surface area contributed by atoms with E-state index < -0.39 is 6.04 Å². The van der Waals surface area contributed by atoms with Gasteiger partial charge in [0, 0.05) is 10.4 Å². The molecule has 2 rings (SSSR count). The lowest BCUT2D eigenvalue weighted by atomic mass is 10.1. The molecule has 1 aromatic carbocycles. The van der Waals surface area contributed by atoms with E-state index in [9.17, 15) is 14.4 Å². The number of amides is 2. The van der Waals surface area contributed by atoms with Gasteiger partial charge in [0.15, 0.2) is 0 Å². The number of nitrogens with one attached hydrogen (secondary N) is 2. The number of carbonyl (C=O) groups excluding carboxylic acids is 3. The van der Waals surface area contributed by atoms with Crippen molar-refractivity contribution < 1.29 is 19.1 Å². The number of esters is 1. The molecule has 0 saturated heterocycles. The molecule has 0 aliphatic heterocycles. The van der Waals surface area contributed by atoms with E-state index in [0.717, 1.165) is 10.1 Å². The molecular formula is C18H23N3O4S. The highest BCUT2D eigenvalue weighted by Gasteiger charge is 2.17. The molecule has 26 heavy (non-hydrogen) atoms. The van der Waals surface area contributed by atoms with Crippen LogP contribution < -0.4 is 16.4 Å². The number of fused-ring (bicyclic) bond motifs is 1. The van der Waals surface area contributed by atoms with Crippen LogP contribution in [-0.4, -0.2) is 37.0 Å². The molecule has 0 aliphatic rings. The first kappa shape index (κ1) is 19.9. The van der Waals surface area contributed by atoms with Gasteiger partial charge in [-0.2, -0.15) is 0 Å². The van der Waals surface area contributed by atoms with E-state index in [4.69, 9.17) is 10.5 Å². The fraction of sp³-hybridized carbons (Fsp3) is 0.389. The Kier molecular flexibility index (Phi) is 6.70. The van der Waals surface area contributed by atoms with E-state index in [2.05, 4.69) is 10.6 Å². The van der Waals surface area contributed by atoms with Gasteiger partial charge in [-0.15, -0.1) is 11.3 Å². The quantitative estimate of drug-likeness (QED) is 0.640. The monoisotopic (exact) mass is 377 g/mol. The van der Waals surface area contributed by atoms with Crippen molar-refractivity contribution in [3.8, 4) is 0 Å². The van der Waals surface area contributed by atoms with Gasteiger partial charge < -0.3 is 21.1 Å². The second kappa shape index (κ2) is 8.77. The molecule has 4 N–H and O–H groups in total. The van der Waals surface area contributed by atoms with Crippen LogP contribution in [0.3, 0.4) is 0 Å². The molecule has 0 bridgehead atoms. The average molecular weight is 377 g/mol. The minimum absolute atomic E-state index is 0.00680. The summed E-state index contributed by atoms with van der Waals surface area (Å²) in [6.07, 6.45) is 0. The molecule has 0 radical (unpaired) electrons. The maximum absolute atomic E-state index is 12.0. The summed E-state index contributed by atoms with van der Waals surface area (Å²) < 4.78 is 5.91. The van der Waals surface area contributed by atoms with Crippen LogP contribution in [0, 0.1) is 5.92 Å². The van der Waals surface area contributed by atoms with Crippen molar-refractivity contribution in [3.63, 3.8) is 0 Å². The van der Waals surface area contributed by atoms with Gasteiger partial charge in [0.05, 0.1) is 19.2 Å². The van der Waals surface area contributed by atoms with Gasteiger partial charge in [-0.25, -0.2) is 4.79 Å². The van der Waals surface area contributed by atoms with Crippen molar-refractivity contribution in [1.82, 2.24) is 5.32 Å². The zero-order valence-electron chi connectivity index (χ0n) is 15.0. The summed E-state index contributed by atoms with van der Waals surface area (Å²) in [5, 5.41) is 6.07. The van der Waals surface area contributed by atoms with Gasteiger partial charge in [-0.3, -0.25) is 9.59 Å². The van der Waals surface area contributed by atoms with E-state index in [1.54, 1.807) is 25.1 Å². The Balaban J connectivity index is 1.98. The van der Waals surface area contributed by atoms with Gasteiger partial charge in [0.25, 0.3) is 0 Å². The van der Waals surface area contributed by atoms with Crippen LogP contribution in [-0.2, 0) is 14.3 Å². The number of thiophene rings is 1. The first-order valence-corrected chi connectivity index (χ1v) is 9.17. The summed E-state index contributed by atoms with van der Waals surface area (Å²) in [5.41, 5.74) is 6.31. The number of hydrogen-bond acceptors (Lipinski definition) is 6. The molecule has 0 unspecified atom stereocenters. The highest BCUT2D eigenvalue weighted by molar-refractivity contribution is 7.20. The normalized spacial score (nSPS) is 12.0. The number of ether oxygens (including phenoxy) is 1. The molecule has 1 atom stereocenters. The van der Waals surface area contributed by atoms with E-state index >= 15 is 0 Å². The van der Waals surface area contributed by atoms with Crippen molar-refractivity contribution >= 4 is 44.9 Å². The smallest absolute Gasteiger partial charge is 0.348 e. The summed E-state index contributed by atoms with van der Waals surface area (Å²) in [6.45, 7) is 5.59. The van der Waals surface area contributed by atoms with Crippen LogP contribution in [0.25, 0.3) is 10.1 Å². The number of nitrogens with two attached hydrogens (primary N) is 1. The van der Waals surface area contributed by atoms with Gasteiger partial charge in [-0.05, 0) is 42.5 Å². The minimum Gasteiger partial charge on any atom is -0.462 e. The molecule has 0 fully saturated rings. The highest BCUT2D eigenvalue weighted by atomic mass is 32.1. The van der Waals surface area contributed by atoms with Crippen LogP contribution >= 0.6 is 11.3 Å². The molecule has 2 aromatic rings. The molecule has 0 spiro atoms. The van der Waals surface area contributed by atoms with Gasteiger partial charge >= 0.3 is 5.97 Å². The van der Waals surface area contributed by atoms with Crippen molar-refractivity contribution in [2.45, 2.75) is 26.8 Å². The first-order chi connectivity index (χ1) is 12.3. The first-order valence-electron chi connectivity index (χ1n) is 8.35. The van der Waals surface area contributed by atoms with Gasteiger partial charge in [0.2, 0.25) is 11.8 Å². The molecule has 2 amide bonds. The maximum Gasteiger partial charge on any atom is 0.348 e. The Hall–Kier alpha value is -2.45. The predicted octanol–water partition coefficient (Wildman–Crippen LogP) is 2.12. The SMILES string of the molecule is CCOC(=O)c1cc2cc(NC(=O)CNC(=O)[C@@H](N)C(C)C)ccc2s1. The summed E-state index contributed by atoms with van der Waals surface area (Å²) in [5.74, 6) is -1.08. The molecule has 140 valence electrons.